The third-order valence-electron chi connectivity index (χ3n) is 4.11. The first-order valence-corrected chi connectivity index (χ1v) is 8.08. The van der Waals surface area contributed by atoms with E-state index in [4.69, 9.17) is 5.73 Å². The molecule has 0 aliphatic heterocycles. The molecule has 4 heteroatoms. The third-order valence-corrected chi connectivity index (χ3v) is 4.94. The summed E-state index contributed by atoms with van der Waals surface area (Å²) >= 11 is 1.97. The molecule has 1 aromatic carbocycles. The van der Waals surface area contributed by atoms with E-state index in [-0.39, 0.29) is 5.82 Å². The SMILES string of the molecule is CC(C)C1CCCCC1Nc1cc(F)c(I)cc1N. The monoisotopic (exact) mass is 376 g/mol. The first-order chi connectivity index (χ1) is 8.99. The Hall–Kier alpha value is -0.520. The molecule has 106 valence electrons. The van der Waals surface area contributed by atoms with Crippen molar-refractivity contribution in [3.8, 4) is 0 Å². The Morgan fingerprint density at radius 2 is 2.00 bits per heavy atom. The van der Waals surface area contributed by atoms with E-state index in [1.165, 1.54) is 25.3 Å². The molecule has 0 bridgehead atoms. The lowest BCUT2D eigenvalue weighted by molar-refractivity contribution is 0.254. The average Bonchev–Trinajstić information content (AvgIpc) is 2.36. The number of benzene rings is 1. The van der Waals surface area contributed by atoms with Crippen molar-refractivity contribution in [1.82, 2.24) is 0 Å². The van der Waals surface area contributed by atoms with Crippen molar-refractivity contribution < 1.29 is 4.39 Å². The van der Waals surface area contributed by atoms with Crippen molar-refractivity contribution in [2.75, 3.05) is 11.1 Å². The van der Waals surface area contributed by atoms with E-state index in [9.17, 15) is 4.39 Å². The number of hydrogen-bond donors (Lipinski definition) is 2. The number of halogens is 2. The van der Waals surface area contributed by atoms with Gasteiger partial charge in [-0.1, -0.05) is 26.7 Å². The van der Waals surface area contributed by atoms with Gasteiger partial charge in [0.05, 0.1) is 14.9 Å². The van der Waals surface area contributed by atoms with E-state index in [0.717, 1.165) is 12.1 Å². The van der Waals surface area contributed by atoms with Crippen LogP contribution in [0, 0.1) is 21.2 Å². The van der Waals surface area contributed by atoms with Crippen LogP contribution < -0.4 is 11.1 Å². The molecule has 2 rings (SSSR count). The van der Waals surface area contributed by atoms with Crippen LogP contribution in [0.25, 0.3) is 0 Å². The van der Waals surface area contributed by atoms with Crippen LogP contribution in [0.2, 0.25) is 0 Å². The van der Waals surface area contributed by atoms with Crippen molar-refractivity contribution >= 4 is 34.0 Å². The minimum atomic E-state index is -0.200. The van der Waals surface area contributed by atoms with Crippen molar-refractivity contribution in [3.05, 3.63) is 21.5 Å². The molecular formula is C15H22FIN2. The second kappa shape index (κ2) is 6.29. The summed E-state index contributed by atoms with van der Waals surface area (Å²) in [7, 11) is 0. The fraction of sp³-hybridized carbons (Fsp3) is 0.600. The number of nitrogens with one attached hydrogen (secondary N) is 1. The largest absolute Gasteiger partial charge is 0.397 e. The summed E-state index contributed by atoms with van der Waals surface area (Å²) in [6, 6.07) is 3.64. The highest BCUT2D eigenvalue weighted by Crippen LogP contribution is 2.34. The first-order valence-electron chi connectivity index (χ1n) is 7.00. The predicted molar refractivity (Wildman–Crippen MR) is 87.7 cm³/mol. The fourth-order valence-corrected chi connectivity index (χ4v) is 3.51. The summed E-state index contributed by atoms with van der Waals surface area (Å²) in [4.78, 5) is 0. The van der Waals surface area contributed by atoms with Crippen LogP contribution in [0.3, 0.4) is 0 Å². The van der Waals surface area contributed by atoms with Gasteiger partial charge in [0.1, 0.15) is 5.82 Å². The summed E-state index contributed by atoms with van der Waals surface area (Å²) < 4.78 is 14.2. The second-order valence-electron chi connectivity index (χ2n) is 5.80. The topological polar surface area (TPSA) is 38.0 Å². The Morgan fingerprint density at radius 3 is 2.68 bits per heavy atom. The maximum atomic E-state index is 13.7. The molecular weight excluding hydrogens is 354 g/mol. The first kappa shape index (κ1) is 14.9. The number of anilines is 2. The van der Waals surface area contributed by atoms with Gasteiger partial charge in [0.25, 0.3) is 0 Å². The van der Waals surface area contributed by atoms with E-state index in [0.29, 0.717) is 27.1 Å². The molecule has 0 radical (unpaired) electrons. The molecule has 1 aliphatic rings. The Kier molecular flexibility index (Phi) is 4.92. The molecule has 2 unspecified atom stereocenters. The van der Waals surface area contributed by atoms with Crippen LogP contribution in [0.4, 0.5) is 15.8 Å². The molecule has 1 fully saturated rings. The molecule has 19 heavy (non-hydrogen) atoms. The normalized spacial score (nSPS) is 23.6. The quantitative estimate of drug-likeness (QED) is 0.596. The van der Waals surface area contributed by atoms with Gasteiger partial charge < -0.3 is 11.1 Å². The van der Waals surface area contributed by atoms with Crippen LogP contribution in [0.15, 0.2) is 12.1 Å². The highest BCUT2D eigenvalue weighted by atomic mass is 127. The molecule has 0 spiro atoms. The standard InChI is InChI=1S/C15H22FIN2/c1-9(2)10-5-3-4-6-14(10)19-15-7-11(16)12(17)8-13(15)18/h7-10,14,19H,3-6,18H2,1-2H3. The van der Waals surface area contributed by atoms with Gasteiger partial charge in [-0.05, 0) is 53.3 Å². The zero-order chi connectivity index (χ0) is 14.0. The molecule has 1 aromatic rings. The van der Waals surface area contributed by atoms with Gasteiger partial charge in [-0.15, -0.1) is 0 Å². The molecule has 3 N–H and O–H groups in total. The molecule has 0 heterocycles. The van der Waals surface area contributed by atoms with E-state index in [1.54, 1.807) is 6.07 Å². The van der Waals surface area contributed by atoms with E-state index in [2.05, 4.69) is 19.2 Å². The average molecular weight is 376 g/mol. The number of nitrogens with two attached hydrogens (primary N) is 1. The fourth-order valence-electron chi connectivity index (χ4n) is 3.02. The molecule has 2 nitrogen and oxygen atoms in total. The van der Waals surface area contributed by atoms with Gasteiger partial charge in [0.2, 0.25) is 0 Å². The number of nitrogen functional groups attached to an aromatic ring is 1. The molecule has 0 saturated heterocycles. The second-order valence-corrected chi connectivity index (χ2v) is 6.96. The van der Waals surface area contributed by atoms with Gasteiger partial charge >= 0.3 is 0 Å². The lowest BCUT2D eigenvalue weighted by atomic mass is 9.77. The molecule has 2 atom stereocenters. The Labute approximate surface area is 128 Å². The summed E-state index contributed by atoms with van der Waals surface area (Å²) in [6.07, 6.45) is 4.95. The molecule has 1 aliphatic carbocycles. The smallest absolute Gasteiger partial charge is 0.138 e. The van der Waals surface area contributed by atoms with E-state index in [1.807, 2.05) is 22.6 Å². The molecule has 0 amide bonds. The Morgan fingerprint density at radius 1 is 1.32 bits per heavy atom. The van der Waals surface area contributed by atoms with Crippen LogP contribution in [0.1, 0.15) is 39.5 Å². The maximum Gasteiger partial charge on any atom is 0.138 e. The van der Waals surface area contributed by atoms with Gasteiger partial charge in [-0.2, -0.15) is 0 Å². The zero-order valence-electron chi connectivity index (χ0n) is 11.5. The summed E-state index contributed by atoms with van der Waals surface area (Å²) in [5.41, 5.74) is 7.38. The minimum Gasteiger partial charge on any atom is -0.397 e. The predicted octanol–water partition coefficient (Wildman–Crippen LogP) is 4.64. The van der Waals surface area contributed by atoms with Crippen molar-refractivity contribution in [2.24, 2.45) is 11.8 Å². The zero-order valence-corrected chi connectivity index (χ0v) is 13.7. The van der Waals surface area contributed by atoms with Gasteiger partial charge in [-0.25, -0.2) is 4.39 Å². The molecule has 0 aromatic heterocycles. The van der Waals surface area contributed by atoms with Crippen molar-refractivity contribution in [2.45, 2.75) is 45.6 Å². The Balaban J connectivity index is 2.17. The maximum absolute atomic E-state index is 13.7. The number of rotatable bonds is 3. The third kappa shape index (κ3) is 3.52. The van der Waals surface area contributed by atoms with Gasteiger partial charge in [-0.3, -0.25) is 0 Å². The van der Waals surface area contributed by atoms with Crippen molar-refractivity contribution in [1.29, 1.82) is 0 Å². The lowest BCUT2D eigenvalue weighted by Crippen LogP contribution is -2.35. The summed E-state index contributed by atoms with van der Waals surface area (Å²) in [5, 5.41) is 3.48. The van der Waals surface area contributed by atoms with Crippen LogP contribution in [-0.4, -0.2) is 6.04 Å². The number of hydrogen-bond acceptors (Lipinski definition) is 2. The highest BCUT2D eigenvalue weighted by molar-refractivity contribution is 14.1. The van der Waals surface area contributed by atoms with E-state index < -0.39 is 0 Å². The van der Waals surface area contributed by atoms with Gasteiger partial charge in [0, 0.05) is 12.1 Å². The highest BCUT2D eigenvalue weighted by Gasteiger charge is 2.27. The Bertz CT molecular complexity index is 448. The molecule has 1 saturated carbocycles. The summed E-state index contributed by atoms with van der Waals surface area (Å²) in [6.45, 7) is 4.53. The van der Waals surface area contributed by atoms with Crippen LogP contribution in [-0.2, 0) is 0 Å². The van der Waals surface area contributed by atoms with Gasteiger partial charge in [0.15, 0.2) is 0 Å². The van der Waals surface area contributed by atoms with Crippen molar-refractivity contribution in [3.63, 3.8) is 0 Å². The minimum absolute atomic E-state index is 0.200. The summed E-state index contributed by atoms with van der Waals surface area (Å²) in [5.74, 6) is 1.09. The van der Waals surface area contributed by atoms with E-state index >= 15 is 0 Å². The lowest BCUT2D eigenvalue weighted by Gasteiger charge is -2.35. The van der Waals surface area contributed by atoms with Crippen LogP contribution >= 0.6 is 22.6 Å². The van der Waals surface area contributed by atoms with Crippen LogP contribution in [0.5, 0.6) is 0 Å².